The fraction of sp³-hybridized carbons (Fsp3) is 0.342. The number of carbonyl (C=O) groups excluding carboxylic acids is 7. The van der Waals surface area contributed by atoms with Gasteiger partial charge in [0, 0.05) is 45.2 Å². The summed E-state index contributed by atoms with van der Waals surface area (Å²) in [5, 5.41) is 28.3. The highest BCUT2D eigenvalue weighted by Crippen LogP contribution is 2.37. The molecule has 0 saturated carbocycles. The Bertz CT molecular complexity index is 2320. The zero-order chi connectivity index (χ0) is 42.8. The molecular formula is C38H42N12O10. The fourth-order valence-corrected chi connectivity index (χ4v) is 6.26. The van der Waals surface area contributed by atoms with E-state index in [2.05, 4.69) is 52.2 Å². The number of aryl methyl sites for hydroxylation is 1. The van der Waals surface area contributed by atoms with Gasteiger partial charge in [0.1, 0.15) is 12.4 Å². The van der Waals surface area contributed by atoms with E-state index >= 15 is 0 Å². The van der Waals surface area contributed by atoms with Crippen molar-refractivity contribution < 1.29 is 47.8 Å². The Morgan fingerprint density at radius 2 is 1.68 bits per heavy atom. The molecule has 0 radical (unpaired) electrons. The van der Waals surface area contributed by atoms with Crippen molar-refractivity contribution in [2.45, 2.75) is 25.3 Å². The zero-order valence-corrected chi connectivity index (χ0v) is 32.8. The minimum absolute atomic E-state index is 0.0149. The first-order valence-electron chi connectivity index (χ1n) is 18.7. The lowest BCUT2D eigenvalue weighted by atomic mass is 10.0. The van der Waals surface area contributed by atoms with E-state index in [4.69, 9.17) is 14.2 Å². The van der Waals surface area contributed by atoms with Crippen molar-refractivity contribution in [3.8, 4) is 17.1 Å². The lowest BCUT2D eigenvalue weighted by Gasteiger charge is -2.27. The normalized spacial score (nSPS) is 14.7. The highest BCUT2D eigenvalue weighted by atomic mass is 16.5. The van der Waals surface area contributed by atoms with Gasteiger partial charge in [0.05, 0.1) is 68.1 Å². The van der Waals surface area contributed by atoms with Crippen molar-refractivity contribution in [2.75, 3.05) is 69.6 Å². The zero-order valence-electron chi connectivity index (χ0n) is 32.8. The number of anilines is 4. The molecule has 6 N–H and O–H groups in total. The van der Waals surface area contributed by atoms with Gasteiger partial charge in [0.2, 0.25) is 23.6 Å². The summed E-state index contributed by atoms with van der Waals surface area (Å²) in [6.07, 6.45) is 1.65. The molecule has 314 valence electrons. The number of ether oxygens (including phenoxy) is 3. The van der Waals surface area contributed by atoms with Gasteiger partial charge < -0.3 is 40.8 Å². The van der Waals surface area contributed by atoms with Gasteiger partial charge in [-0.15, -0.1) is 10.2 Å². The van der Waals surface area contributed by atoms with Crippen LogP contribution in [0.5, 0.6) is 5.75 Å². The second kappa shape index (κ2) is 19.4. The summed E-state index contributed by atoms with van der Waals surface area (Å²) in [5.74, 6) is -2.99. The summed E-state index contributed by atoms with van der Waals surface area (Å²) in [7, 11) is 4.67. The Labute approximate surface area is 342 Å². The van der Waals surface area contributed by atoms with Gasteiger partial charge in [0.15, 0.2) is 23.1 Å². The second-order valence-electron chi connectivity index (χ2n) is 13.3. The number of amides is 7. The van der Waals surface area contributed by atoms with Crippen molar-refractivity contribution in [3.05, 3.63) is 65.6 Å². The quantitative estimate of drug-likeness (QED) is 0.0550. The second-order valence-corrected chi connectivity index (χ2v) is 13.3. The van der Waals surface area contributed by atoms with Gasteiger partial charge >= 0.3 is 0 Å². The summed E-state index contributed by atoms with van der Waals surface area (Å²) in [6.45, 7) is 0.812. The van der Waals surface area contributed by atoms with E-state index in [-0.39, 0.29) is 80.6 Å². The van der Waals surface area contributed by atoms with Crippen molar-refractivity contribution in [1.29, 1.82) is 0 Å². The summed E-state index contributed by atoms with van der Waals surface area (Å²) in [6, 6.07) is 10.3. The summed E-state index contributed by atoms with van der Waals surface area (Å²) < 4.78 is 18.2. The van der Waals surface area contributed by atoms with E-state index in [1.807, 2.05) is 0 Å². The number of methoxy groups -OCH3 is 1. The van der Waals surface area contributed by atoms with Crippen LogP contribution in [-0.2, 0) is 35.7 Å². The third kappa shape index (κ3) is 10.0. The molecule has 1 unspecified atom stereocenters. The van der Waals surface area contributed by atoms with Gasteiger partial charge in [-0.05, 0) is 36.8 Å². The molecule has 0 bridgehead atoms. The summed E-state index contributed by atoms with van der Waals surface area (Å²) in [4.78, 5) is 92.5. The third-order valence-corrected chi connectivity index (χ3v) is 9.14. The van der Waals surface area contributed by atoms with Crippen LogP contribution >= 0.6 is 0 Å². The van der Waals surface area contributed by atoms with Crippen molar-refractivity contribution in [2.24, 2.45) is 7.05 Å². The van der Waals surface area contributed by atoms with Gasteiger partial charge in [-0.3, -0.25) is 48.5 Å². The van der Waals surface area contributed by atoms with Crippen LogP contribution < -0.4 is 36.6 Å². The van der Waals surface area contributed by atoms with E-state index in [0.717, 1.165) is 4.90 Å². The molecule has 0 aliphatic carbocycles. The van der Waals surface area contributed by atoms with Gasteiger partial charge in [-0.1, -0.05) is 6.07 Å². The fourth-order valence-electron chi connectivity index (χ4n) is 6.26. The van der Waals surface area contributed by atoms with Crippen LogP contribution in [0.25, 0.3) is 11.4 Å². The van der Waals surface area contributed by atoms with Crippen LogP contribution in [0.3, 0.4) is 0 Å². The van der Waals surface area contributed by atoms with Crippen molar-refractivity contribution in [3.63, 3.8) is 0 Å². The SMILES string of the molecule is CNC(=O)c1nnc(NC(=O)CNC(=O)CCOCCOCCNc2ccc3c(c2)C(=O)N(C2CCC(=O)NC2=O)C3=O)cc1Nc1cccc(-c2ncn(C)n2)c1OC. The molecule has 7 amide bonds. The van der Waals surface area contributed by atoms with E-state index < -0.39 is 47.4 Å². The van der Waals surface area contributed by atoms with E-state index in [0.29, 0.717) is 35.1 Å². The average Bonchev–Trinajstić information content (AvgIpc) is 3.78. The maximum absolute atomic E-state index is 13.0. The maximum atomic E-state index is 13.0. The van der Waals surface area contributed by atoms with Gasteiger partial charge in [-0.25, -0.2) is 4.98 Å². The molecule has 2 aromatic carbocycles. The lowest BCUT2D eigenvalue weighted by Crippen LogP contribution is -2.54. The number of nitrogens with zero attached hydrogens (tertiary/aromatic N) is 6. The summed E-state index contributed by atoms with van der Waals surface area (Å²) in [5.41, 5.74) is 2.14. The number of fused-ring (bicyclic) bond motifs is 1. The van der Waals surface area contributed by atoms with Crippen LogP contribution in [-0.4, -0.2) is 131 Å². The maximum Gasteiger partial charge on any atom is 0.273 e. The molecule has 1 atom stereocenters. The van der Waals surface area contributed by atoms with Crippen molar-refractivity contribution >= 4 is 64.2 Å². The largest absolute Gasteiger partial charge is 0.494 e. The standard InChI is InChI=1S/C38H42N12O10/c1-39-36(55)32-26(43-25-6-4-5-23(33(25)58-3)34-42-20-49(2)48-34)18-28(46-47-32)44-31(53)19-41-29(51)11-13-59-15-16-60-14-12-40-21-7-8-22-24(17-21)38(57)50(37(22)56)27-9-10-30(52)45-35(27)54/h4-8,17-18,20,27,40H,9-16,19H2,1-3H3,(H,39,55)(H,41,51)(H,45,52,54)(H2,43,44,46,53). The number of piperidine rings is 1. The minimum Gasteiger partial charge on any atom is -0.494 e. The van der Waals surface area contributed by atoms with Crippen LogP contribution in [0.4, 0.5) is 22.9 Å². The van der Waals surface area contributed by atoms with Crippen molar-refractivity contribution in [1.82, 2.24) is 45.8 Å². The minimum atomic E-state index is -1.04. The summed E-state index contributed by atoms with van der Waals surface area (Å²) >= 11 is 0. The number of rotatable bonds is 19. The van der Waals surface area contributed by atoms with Gasteiger partial charge in [0.25, 0.3) is 17.7 Å². The van der Waals surface area contributed by atoms with Crippen LogP contribution in [0, 0.1) is 0 Å². The van der Waals surface area contributed by atoms with E-state index in [1.54, 1.807) is 42.3 Å². The number of nitrogens with one attached hydrogen (secondary N) is 6. The predicted octanol–water partition coefficient (Wildman–Crippen LogP) is 0.375. The van der Waals surface area contributed by atoms with Crippen LogP contribution in [0.15, 0.2) is 48.8 Å². The molecular weight excluding hydrogens is 784 g/mol. The van der Waals surface area contributed by atoms with E-state index in [1.165, 1.54) is 32.4 Å². The Morgan fingerprint density at radius 3 is 2.42 bits per heavy atom. The Hall–Kier alpha value is -7.33. The molecule has 22 nitrogen and oxygen atoms in total. The van der Waals surface area contributed by atoms with Crippen LogP contribution in [0.2, 0.25) is 0 Å². The number of aromatic nitrogens is 5. The number of benzene rings is 2. The number of hydrogen-bond donors (Lipinski definition) is 6. The Morgan fingerprint density at radius 1 is 0.900 bits per heavy atom. The molecule has 0 spiro atoms. The Kier molecular flexibility index (Phi) is 13.7. The molecule has 2 aromatic heterocycles. The molecule has 4 heterocycles. The predicted molar refractivity (Wildman–Crippen MR) is 211 cm³/mol. The average molecular weight is 827 g/mol. The molecule has 2 aliphatic rings. The molecule has 6 rings (SSSR count). The number of para-hydroxylation sites is 1. The van der Waals surface area contributed by atoms with Crippen LogP contribution in [0.1, 0.15) is 50.5 Å². The Balaban J connectivity index is 0.883. The molecule has 4 aromatic rings. The number of imide groups is 2. The molecule has 2 aliphatic heterocycles. The first kappa shape index (κ1) is 42.3. The van der Waals surface area contributed by atoms with Gasteiger partial charge in [-0.2, -0.15) is 5.10 Å². The highest BCUT2D eigenvalue weighted by molar-refractivity contribution is 6.23. The lowest BCUT2D eigenvalue weighted by molar-refractivity contribution is -0.136. The first-order chi connectivity index (χ1) is 29.0. The monoisotopic (exact) mass is 826 g/mol. The number of hydrogen-bond acceptors (Lipinski definition) is 16. The number of carbonyl (C=O) groups is 7. The first-order valence-corrected chi connectivity index (χ1v) is 18.7. The highest BCUT2D eigenvalue weighted by Gasteiger charge is 2.44. The van der Waals surface area contributed by atoms with E-state index in [9.17, 15) is 33.6 Å². The third-order valence-electron chi connectivity index (χ3n) is 9.14. The molecule has 22 heteroatoms. The molecule has 60 heavy (non-hydrogen) atoms. The molecule has 1 fully saturated rings. The molecule has 1 saturated heterocycles. The topological polar surface area (TPSA) is 279 Å². The smallest absolute Gasteiger partial charge is 0.273 e.